The summed E-state index contributed by atoms with van der Waals surface area (Å²) in [6, 6.07) is 3.45. The van der Waals surface area contributed by atoms with Crippen LogP contribution in [0, 0.1) is 12.3 Å². The number of aliphatic carboxylic acids is 1. The maximum absolute atomic E-state index is 11.8. The number of nitrogens with zero attached hydrogens (tertiary/aromatic N) is 3. The lowest BCUT2D eigenvalue weighted by molar-refractivity contribution is -0.142. The smallest absolute Gasteiger partial charge is 0.320 e. The van der Waals surface area contributed by atoms with Crippen LogP contribution in [0.4, 0.5) is 0 Å². The Kier molecular flexibility index (Phi) is 4.58. The number of carboxylic acids is 1. The number of amides is 1. The zero-order valence-electron chi connectivity index (χ0n) is 14.4. The van der Waals surface area contributed by atoms with Crippen LogP contribution in [0.25, 0.3) is 0 Å². The third kappa shape index (κ3) is 3.29. The second-order valence-corrected chi connectivity index (χ2v) is 7.24. The Morgan fingerprint density at radius 1 is 1.38 bits per heavy atom. The van der Waals surface area contributed by atoms with Gasteiger partial charge in [0.15, 0.2) is 0 Å². The minimum Gasteiger partial charge on any atom is -0.480 e. The first-order chi connectivity index (χ1) is 11.4. The summed E-state index contributed by atoms with van der Waals surface area (Å²) in [6.07, 6.45) is 4.19. The largest absolute Gasteiger partial charge is 0.480 e. The van der Waals surface area contributed by atoms with Gasteiger partial charge in [-0.15, -0.1) is 0 Å². The molecule has 0 bridgehead atoms. The van der Waals surface area contributed by atoms with Gasteiger partial charge in [-0.3, -0.25) is 19.5 Å². The van der Waals surface area contributed by atoms with E-state index in [1.165, 1.54) is 0 Å². The third-order valence-electron chi connectivity index (χ3n) is 5.63. The summed E-state index contributed by atoms with van der Waals surface area (Å²) in [5.74, 6) is -0.645. The Balaban J connectivity index is 1.74. The van der Waals surface area contributed by atoms with Gasteiger partial charge in [-0.2, -0.15) is 0 Å². The molecular weight excluding hydrogens is 306 g/mol. The number of hydrogen-bond donors (Lipinski definition) is 1. The Labute approximate surface area is 142 Å². The van der Waals surface area contributed by atoms with Crippen LogP contribution < -0.4 is 0 Å². The van der Waals surface area contributed by atoms with Crippen molar-refractivity contribution in [3.8, 4) is 0 Å². The van der Waals surface area contributed by atoms with Crippen molar-refractivity contribution in [1.29, 1.82) is 0 Å². The maximum atomic E-state index is 11.8. The van der Waals surface area contributed by atoms with Gasteiger partial charge >= 0.3 is 5.97 Å². The van der Waals surface area contributed by atoms with Crippen molar-refractivity contribution in [2.75, 3.05) is 19.6 Å². The van der Waals surface area contributed by atoms with Gasteiger partial charge in [-0.05, 0) is 43.2 Å². The van der Waals surface area contributed by atoms with E-state index in [4.69, 9.17) is 0 Å². The molecule has 0 unspecified atom stereocenters. The Morgan fingerprint density at radius 3 is 2.67 bits per heavy atom. The minimum atomic E-state index is -0.755. The van der Waals surface area contributed by atoms with Crippen LogP contribution in [0.2, 0.25) is 0 Å². The average Bonchev–Trinajstić information content (AvgIpc) is 2.88. The number of pyridine rings is 1. The van der Waals surface area contributed by atoms with Crippen LogP contribution in [0.1, 0.15) is 37.4 Å². The van der Waals surface area contributed by atoms with Crippen LogP contribution in [0.3, 0.4) is 0 Å². The first-order valence-corrected chi connectivity index (χ1v) is 8.53. The molecule has 1 aromatic rings. The van der Waals surface area contributed by atoms with Crippen LogP contribution >= 0.6 is 0 Å². The molecule has 6 nitrogen and oxygen atoms in total. The molecule has 1 amide bonds. The third-order valence-corrected chi connectivity index (χ3v) is 5.63. The van der Waals surface area contributed by atoms with E-state index < -0.39 is 12.0 Å². The molecule has 24 heavy (non-hydrogen) atoms. The highest BCUT2D eigenvalue weighted by molar-refractivity contribution is 5.74. The molecule has 3 rings (SSSR count). The molecule has 1 spiro atoms. The Bertz CT molecular complexity index is 638. The van der Waals surface area contributed by atoms with E-state index in [1.54, 1.807) is 13.1 Å². The van der Waals surface area contributed by atoms with Gasteiger partial charge in [0, 0.05) is 39.3 Å². The second-order valence-electron chi connectivity index (χ2n) is 7.24. The molecule has 0 radical (unpaired) electrons. The summed E-state index contributed by atoms with van der Waals surface area (Å²) in [6.45, 7) is 6.42. The molecule has 1 N–H and O–H groups in total. The highest BCUT2D eigenvalue weighted by Gasteiger charge is 2.48. The fraction of sp³-hybridized carbons (Fsp3) is 0.611. The number of piperidine rings is 1. The highest BCUT2D eigenvalue weighted by atomic mass is 16.4. The van der Waals surface area contributed by atoms with E-state index >= 15 is 0 Å². The predicted molar refractivity (Wildman–Crippen MR) is 89.3 cm³/mol. The van der Waals surface area contributed by atoms with Crippen molar-refractivity contribution >= 4 is 11.9 Å². The van der Waals surface area contributed by atoms with Gasteiger partial charge in [0.25, 0.3) is 0 Å². The maximum Gasteiger partial charge on any atom is 0.320 e. The number of rotatable bonds is 3. The van der Waals surface area contributed by atoms with Crippen LogP contribution in [-0.4, -0.2) is 57.4 Å². The number of aryl methyl sites for hydroxylation is 1. The molecule has 2 fully saturated rings. The fourth-order valence-corrected chi connectivity index (χ4v) is 4.09. The summed E-state index contributed by atoms with van der Waals surface area (Å²) in [7, 11) is 0. The molecule has 2 aliphatic heterocycles. The Hall–Kier alpha value is -1.95. The second kappa shape index (κ2) is 6.51. The molecule has 130 valence electrons. The summed E-state index contributed by atoms with van der Waals surface area (Å²) in [4.78, 5) is 31.6. The van der Waals surface area contributed by atoms with E-state index in [9.17, 15) is 14.7 Å². The van der Waals surface area contributed by atoms with E-state index in [2.05, 4.69) is 9.88 Å². The zero-order valence-corrected chi connectivity index (χ0v) is 14.4. The molecule has 1 aromatic heterocycles. The van der Waals surface area contributed by atoms with Gasteiger partial charge in [0.2, 0.25) is 5.91 Å². The van der Waals surface area contributed by atoms with Crippen molar-refractivity contribution in [1.82, 2.24) is 14.8 Å². The first-order valence-electron chi connectivity index (χ1n) is 8.53. The summed E-state index contributed by atoms with van der Waals surface area (Å²) < 4.78 is 0. The SMILES string of the molecule is CC(=O)N1CCC2(CC1)C[C@@H](C(=O)O)N(Cc1ncccc1C)C2. The number of carbonyl (C=O) groups excluding carboxylic acids is 1. The summed E-state index contributed by atoms with van der Waals surface area (Å²) >= 11 is 0. The van der Waals surface area contributed by atoms with Crippen molar-refractivity contribution < 1.29 is 14.7 Å². The molecule has 1 atom stereocenters. The lowest BCUT2D eigenvalue weighted by Gasteiger charge is -2.39. The molecule has 0 aliphatic carbocycles. The van der Waals surface area contributed by atoms with Crippen molar-refractivity contribution in [2.24, 2.45) is 5.41 Å². The van der Waals surface area contributed by atoms with Gasteiger partial charge < -0.3 is 10.0 Å². The summed E-state index contributed by atoms with van der Waals surface area (Å²) in [5, 5.41) is 9.66. The molecule has 0 saturated carbocycles. The van der Waals surface area contributed by atoms with Gasteiger partial charge in [0.1, 0.15) is 6.04 Å². The molecular formula is C18H25N3O3. The lowest BCUT2D eigenvalue weighted by atomic mass is 9.76. The monoisotopic (exact) mass is 331 g/mol. The van der Waals surface area contributed by atoms with E-state index in [0.717, 1.165) is 43.7 Å². The number of carbonyl (C=O) groups is 2. The van der Waals surface area contributed by atoms with E-state index in [-0.39, 0.29) is 11.3 Å². The number of carboxylic acid groups (broad SMARTS) is 1. The molecule has 3 heterocycles. The minimum absolute atomic E-state index is 0.0116. The van der Waals surface area contributed by atoms with Gasteiger partial charge in [0.05, 0.1) is 5.69 Å². The normalized spacial score (nSPS) is 23.6. The van der Waals surface area contributed by atoms with E-state index in [0.29, 0.717) is 13.0 Å². The molecule has 6 heteroatoms. The number of likely N-dealkylation sites (tertiary alicyclic amines) is 2. The number of aromatic nitrogens is 1. The van der Waals surface area contributed by atoms with Crippen molar-refractivity contribution in [3.63, 3.8) is 0 Å². The molecule has 2 saturated heterocycles. The van der Waals surface area contributed by atoms with Crippen LogP contribution in [0.5, 0.6) is 0 Å². The fourth-order valence-electron chi connectivity index (χ4n) is 4.09. The highest BCUT2D eigenvalue weighted by Crippen LogP contribution is 2.44. The molecule has 0 aromatic carbocycles. The number of hydrogen-bond acceptors (Lipinski definition) is 4. The van der Waals surface area contributed by atoms with Crippen LogP contribution in [-0.2, 0) is 16.1 Å². The van der Waals surface area contributed by atoms with Gasteiger partial charge in [-0.1, -0.05) is 6.07 Å². The van der Waals surface area contributed by atoms with Crippen molar-refractivity contribution in [3.05, 3.63) is 29.6 Å². The average molecular weight is 331 g/mol. The standard InChI is InChI=1S/C18H25N3O3/c1-13-4-3-7-19-15(13)11-21-12-18(10-16(21)17(23)24)5-8-20(9-6-18)14(2)22/h3-4,7,16H,5-6,8-12H2,1-2H3,(H,23,24)/t16-/m0/s1. The quantitative estimate of drug-likeness (QED) is 0.912. The van der Waals surface area contributed by atoms with Crippen LogP contribution in [0.15, 0.2) is 18.3 Å². The molecule has 2 aliphatic rings. The zero-order chi connectivity index (χ0) is 17.3. The topological polar surface area (TPSA) is 73.7 Å². The predicted octanol–water partition coefficient (Wildman–Crippen LogP) is 1.68. The first kappa shape index (κ1) is 16.9. The van der Waals surface area contributed by atoms with E-state index in [1.807, 2.05) is 24.0 Å². The lowest BCUT2D eigenvalue weighted by Crippen LogP contribution is -2.43. The Morgan fingerprint density at radius 2 is 2.08 bits per heavy atom. The summed E-state index contributed by atoms with van der Waals surface area (Å²) in [5.41, 5.74) is 2.05. The van der Waals surface area contributed by atoms with Crippen molar-refractivity contribution in [2.45, 2.75) is 45.7 Å². The van der Waals surface area contributed by atoms with Gasteiger partial charge in [-0.25, -0.2) is 0 Å².